The number of carboxylic acid groups (broad SMARTS) is 1. The van der Waals surface area contributed by atoms with E-state index in [1.807, 2.05) is 31.2 Å². The van der Waals surface area contributed by atoms with E-state index in [1.165, 1.54) is 11.6 Å². The van der Waals surface area contributed by atoms with Crippen molar-refractivity contribution in [1.82, 2.24) is 4.98 Å². The van der Waals surface area contributed by atoms with Gasteiger partial charge < -0.3 is 9.90 Å². The van der Waals surface area contributed by atoms with Crippen LogP contribution in [0, 0.1) is 13.8 Å². The lowest BCUT2D eigenvalue weighted by molar-refractivity contribution is -0.255. The second kappa shape index (κ2) is 4.37. The van der Waals surface area contributed by atoms with Crippen molar-refractivity contribution >= 4 is 5.97 Å². The van der Waals surface area contributed by atoms with Crippen LogP contribution in [0.4, 0.5) is 0 Å². The fraction of sp³-hybridized carbons (Fsp3) is 0.143. The predicted molar refractivity (Wildman–Crippen MR) is 63.5 cm³/mol. The maximum Gasteiger partial charge on any atom is 0.0733 e. The summed E-state index contributed by atoms with van der Waals surface area (Å²) in [5.74, 6) is -1.19. The van der Waals surface area contributed by atoms with Gasteiger partial charge in [-0.15, -0.1) is 0 Å². The molecule has 86 valence electrons. The Morgan fingerprint density at radius 2 is 1.71 bits per heavy atom. The number of hydrogen-bond donors (Lipinski definition) is 0. The van der Waals surface area contributed by atoms with Gasteiger partial charge in [0.1, 0.15) is 0 Å². The van der Waals surface area contributed by atoms with Gasteiger partial charge in [-0.25, -0.2) is 0 Å². The average molecular weight is 226 g/mol. The average Bonchev–Trinajstić information content (AvgIpc) is 2.29. The van der Waals surface area contributed by atoms with Gasteiger partial charge >= 0.3 is 0 Å². The smallest absolute Gasteiger partial charge is 0.0733 e. The lowest BCUT2D eigenvalue weighted by Crippen LogP contribution is -2.23. The number of hydrogen-bond acceptors (Lipinski definition) is 3. The molecule has 2 aromatic rings. The van der Waals surface area contributed by atoms with Gasteiger partial charge in [-0.1, -0.05) is 29.8 Å². The maximum absolute atomic E-state index is 10.8. The van der Waals surface area contributed by atoms with E-state index in [1.54, 1.807) is 13.0 Å². The van der Waals surface area contributed by atoms with E-state index < -0.39 is 5.97 Å². The van der Waals surface area contributed by atoms with Gasteiger partial charge in [0, 0.05) is 16.8 Å². The molecule has 0 aliphatic carbocycles. The summed E-state index contributed by atoms with van der Waals surface area (Å²) in [6.45, 7) is 3.68. The Kier molecular flexibility index (Phi) is 2.91. The minimum atomic E-state index is -1.19. The van der Waals surface area contributed by atoms with E-state index in [4.69, 9.17) is 0 Å². The van der Waals surface area contributed by atoms with Crippen molar-refractivity contribution in [3.05, 3.63) is 53.2 Å². The summed E-state index contributed by atoms with van der Waals surface area (Å²) in [5.41, 5.74) is 3.54. The summed E-state index contributed by atoms with van der Waals surface area (Å²) in [7, 11) is 0. The number of carboxylic acids is 1. The van der Waals surface area contributed by atoms with E-state index in [2.05, 4.69) is 4.98 Å². The largest absolute Gasteiger partial charge is 0.545 e. The van der Waals surface area contributed by atoms with E-state index in [0.717, 1.165) is 11.3 Å². The Balaban J connectivity index is 2.44. The van der Waals surface area contributed by atoms with Crippen molar-refractivity contribution in [3.8, 4) is 11.3 Å². The van der Waals surface area contributed by atoms with Crippen molar-refractivity contribution in [2.45, 2.75) is 13.8 Å². The lowest BCUT2D eigenvalue weighted by Gasteiger charge is -2.08. The second-order valence-electron chi connectivity index (χ2n) is 3.98. The Morgan fingerprint density at radius 1 is 1.06 bits per heavy atom. The summed E-state index contributed by atoms with van der Waals surface area (Å²) < 4.78 is 0. The Morgan fingerprint density at radius 3 is 2.24 bits per heavy atom. The molecule has 0 bridgehead atoms. The first-order valence-electron chi connectivity index (χ1n) is 5.34. The minimum Gasteiger partial charge on any atom is -0.545 e. The summed E-state index contributed by atoms with van der Waals surface area (Å²) in [6, 6.07) is 11.2. The number of aryl methyl sites for hydroxylation is 2. The lowest BCUT2D eigenvalue weighted by atomic mass is 10.1. The summed E-state index contributed by atoms with van der Waals surface area (Å²) in [6.07, 6.45) is 0. The summed E-state index contributed by atoms with van der Waals surface area (Å²) >= 11 is 0. The number of carbonyl (C=O) groups excluding carboxylic acids is 1. The molecule has 1 aromatic carbocycles. The molecule has 0 saturated heterocycles. The molecule has 0 unspecified atom stereocenters. The molecule has 0 aliphatic rings. The van der Waals surface area contributed by atoms with Crippen molar-refractivity contribution in [3.63, 3.8) is 0 Å². The third-order valence-electron chi connectivity index (χ3n) is 2.65. The summed E-state index contributed by atoms with van der Waals surface area (Å²) in [4.78, 5) is 15.0. The first-order chi connectivity index (χ1) is 8.08. The fourth-order valence-corrected chi connectivity index (χ4v) is 1.66. The molecule has 0 radical (unpaired) electrons. The van der Waals surface area contributed by atoms with E-state index in [-0.39, 0.29) is 5.56 Å². The standard InChI is InChI=1S/C14H13NO2/c1-9-3-5-11(6-4-9)13-8-7-12(14(16)17)10(2)15-13/h3-8H,1-2H3,(H,16,17)/p-1. The Labute approximate surface area is 99.8 Å². The molecular formula is C14H12NO2-. The number of rotatable bonds is 2. The molecule has 0 aliphatic heterocycles. The zero-order valence-corrected chi connectivity index (χ0v) is 9.73. The Bertz CT molecular complexity index is 559. The maximum atomic E-state index is 10.8. The Hall–Kier alpha value is -2.16. The molecule has 3 nitrogen and oxygen atoms in total. The monoisotopic (exact) mass is 226 g/mol. The van der Waals surface area contributed by atoms with Gasteiger partial charge in [0.2, 0.25) is 0 Å². The van der Waals surface area contributed by atoms with Crippen molar-refractivity contribution in [1.29, 1.82) is 0 Å². The van der Waals surface area contributed by atoms with E-state index in [0.29, 0.717) is 5.69 Å². The van der Waals surface area contributed by atoms with Crippen LogP contribution < -0.4 is 5.11 Å². The summed E-state index contributed by atoms with van der Waals surface area (Å²) in [5, 5.41) is 10.8. The molecule has 0 atom stereocenters. The van der Waals surface area contributed by atoms with E-state index in [9.17, 15) is 9.90 Å². The highest BCUT2D eigenvalue weighted by Gasteiger charge is 2.04. The molecule has 3 heteroatoms. The van der Waals surface area contributed by atoms with Crippen molar-refractivity contribution in [2.75, 3.05) is 0 Å². The van der Waals surface area contributed by atoms with Gasteiger partial charge in [-0.05, 0) is 26.0 Å². The molecular weight excluding hydrogens is 214 g/mol. The van der Waals surface area contributed by atoms with Crippen molar-refractivity contribution in [2.24, 2.45) is 0 Å². The fourth-order valence-electron chi connectivity index (χ4n) is 1.66. The number of aromatic nitrogens is 1. The molecule has 17 heavy (non-hydrogen) atoms. The van der Waals surface area contributed by atoms with Crippen LogP contribution in [0.15, 0.2) is 36.4 Å². The van der Waals surface area contributed by atoms with Crippen LogP contribution in [0.2, 0.25) is 0 Å². The normalized spacial score (nSPS) is 10.2. The SMILES string of the molecule is Cc1ccc(-c2ccc(C(=O)[O-])c(C)n2)cc1. The van der Waals surface area contributed by atoms with Crippen LogP contribution >= 0.6 is 0 Å². The minimum absolute atomic E-state index is 0.140. The van der Waals surface area contributed by atoms with Crippen LogP contribution in [0.25, 0.3) is 11.3 Å². The molecule has 0 fully saturated rings. The predicted octanol–water partition coefficient (Wildman–Crippen LogP) is 1.73. The topological polar surface area (TPSA) is 53.0 Å². The van der Waals surface area contributed by atoms with Gasteiger partial charge in [0.25, 0.3) is 0 Å². The molecule has 1 heterocycles. The third-order valence-corrected chi connectivity index (χ3v) is 2.65. The first kappa shape index (κ1) is 11.3. The number of aromatic carboxylic acids is 1. The van der Waals surface area contributed by atoms with Crippen LogP contribution in [-0.2, 0) is 0 Å². The quantitative estimate of drug-likeness (QED) is 0.783. The van der Waals surface area contributed by atoms with Crippen molar-refractivity contribution < 1.29 is 9.90 Å². The molecule has 0 N–H and O–H groups in total. The van der Waals surface area contributed by atoms with Gasteiger partial charge in [-0.2, -0.15) is 0 Å². The van der Waals surface area contributed by atoms with E-state index >= 15 is 0 Å². The second-order valence-corrected chi connectivity index (χ2v) is 3.98. The van der Waals surface area contributed by atoms with Crippen LogP contribution in [-0.4, -0.2) is 11.0 Å². The van der Waals surface area contributed by atoms with Gasteiger partial charge in [0.05, 0.1) is 11.7 Å². The highest BCUT2D eigenvalue weighted by atomic mass is 16.4. The van der Waals surface area contributed by atoms with Crippen LogP contribution in [0.1, 0.15) is 21.6 Å². The van der Waals surface area contributed by atoms with Crippen LogP contribution in [0.5, 0.6) is 0 Å². The zero-order valence-electron chi connectivity index (χ0n) is 9.73. The number of carbonyl (C=O) groups is 1. The molecule has 0 saturated carbocycles. The third kappa shape index (κ3) is 2.33. The van der Waals surface area contributed by atoms with Gasteiger partial charge in [-0.3, -0.25) is 4.98 Å². The first-order valence-corrected chi connectivity index (χ1v) is 5.34. The number of nitrogens with zero attached hydrogens (tertiary/aromatic N) is 1. The number of benzene rings is 1. The molecule has 2 rings (SSSR count). The highest BCUT2D eigenvalue weighted by Crippen LogP contribution is 2.19. The van der Waals surface area contributed by atoms with Crippen LogP contribution in [0.3, 0.4) is 0 Å². The molecule has 0 spiro atoms. The molecule has 0 amide bonds. The molecule has 1 aromatic heterocycles. The van der Waals surface area contributed by atoms with Gasteiger partial charge in [0.15, 0.2) is 0 Å². The highest BCUT2D eigenvalue weighted by molar-refractivity contribution is 5.87. The zero-order chi connectivity index (χ0) is 12.4. The number of pyridine rings is 1.